The van der Waals surface area contributed by atoms with Crippen LogP contribution in [0.15, 0.2) is 36.4 Å². The van der Waals surface area contributed by atoms with Crippen LogP contribution in [0, 0.1) is 17.0 Å². The summed E-state index contributed by atoms with van der Waals surface area (Å²) in [6, 6.07) is 11.1. The summed E-state index contributed by atoms with van der Waals surface area (Å²) in [5, 5.41) is 0. The predicted octanol–water partition coefficient (Wildman–Crippen LogP) is 5.55. The number of hydrogen-bond donors (Lipinski definition) is 0. The van der Waals surface area contributed by atoms with E-state index in [0.717, 1.165) is 25.9 Å². The molecule has 0 aromatic heterocycles. The number of likely N-dealkylation sites (tertiary alicyclic amines) is 1. The molecule has 2 aromatic carbocycles. The minimum atomic E-state index is -0.549. The average molecular weight is 443 g/mol. The van der Waals surface area contributed by atoms with Crippen LogP contribution >= 0.6 is 0 Å². The lowest BCUT2D eigenvalue weighted by Gasteiger charge is -2.61. The van der Waals surface area contributed by atoms with Crippen molar-refractivity contribution in [3.8, 4) is 0 Å². The van der Waals surface area contributed by atoms with Crippen molar-refractivity contribution in [2.75, 3.05) is 32.1 Å². The van der Waals surface area contributed by atoms with Crippen molar-refractivity contribution in [3.63, 3.8) is 0 Å². The highest BCUT2D eigenvalue weighted by atomic mass is 19.1. The Morgan fingerprint density at radius 2 is 1.75 bits per heavy atom. The molecule has 3 atom stereocenters. The lowest BCUT2D eigenvalue weighted by molar-refractivity contribution is -0.0651. The molecule has 3 unspecified atom stereocenters. The molecule has 0 N–H and O–H groups in total. The maximum Gasteiger partial charge on any atom is 0.131 e. The Hall–Kier alpha value is -1.98. The number of hydrogen-bond acceptors (Lipinski definition) is 3. The van der Waals surface area contributed by atoms with Crippen molar-refractivity contribution < 1.29 is 13.5 Å². The number of rotatable bonds is 6. The highest BCUT2D eigenvalue weighted by molar-refractivity contribution is 5.60. The first kappa shape index (κ1) is 23.2. The van der Waals surface area contributed by atoms with Gasteiger partial charge in [0.1, 0.15) is 11.6 Å². The molecule has 2 bridgehead atoms. The third-order valence-electron chi connectivity index (χ3n) is 8.29. The van der Waals surface area contributed by atoms with Crippen LogP contribution in [-0.4, -0.2) is 44.2 Å². The number of nitrogens with zero attached hydrogens (tertiary/aromatic N) is 2. The van der Waals surface area contributed by atoms with E-state index < -0.39 is 11.6 Å². The van der Waals surface area contributed by atoms with Gasteiger partial charge >= 0.3 is 0 Å². The van der Waals surface area contributed by atoms with Crippen LogP contribution in [0.1, 0.15) is 50.8 Å². The number of anilines is 1. The second kappa shape index (κ2) is 8.42. The number of ether oxygens (including phenoxy) is 1. The molecule has 2 aromatic rings. The SMILES string of the molecule is CC(CN1CCC2(C)c3cccc(N(C)C)c3CC1C2(C)C)OCc1c(F)cccc1F. The smallest absolute Gasteiger partial charge is 0.131 e. The number of piperidine rings is 1. The topological polar surface area (TPSA) is 15.7 Å². The molecule has 2 aliphatic rings. The van der Waals surface area contributed by atoms with E-state index in [-0.39, 0.29) is 29.1 Å². The minimum Gasteiger partial charge on any atom is -0.377 e. The fraction of sp³-hybridized carbons (Fsp3) is 0.556. The summed E-state index contributed by atoms with van der Waals surface area (Å²) >= 11 is 0. The van der Waals surface area contributed by atoms with Crippen LogP contribution in [0.2, 0.25) is 0 Å². The van der Waals surface area contributed by atoms with Crippen LogP contribution in [0.4, 0.5) is 14.5 Å². The molecule has 1 fully saturated rings. The molecule has 0 radical (unpaired) electrons. The zero-order valence-corrected chi connectivity index (χ0v) is 20.2. The van der Waals surface area contributed by atoms with Crippen molar-refractivity contribution in [1.82, 2.24) is 4.90 Å². The van der Waals surface area contributed by atoms with Crippen molar-refractivity contribution in [2.24, 2.45) is 5.41 Å². The Morgan fingerprint density at radius 3 is 2.41 bits per heavy atom. The second-order valence-electron chi connectivity index (χ2n) is 10.5. The van der Waals surface area contributed by atoms with Crippen molar-refractivity contribution >= 4 is 5.69 Å². The lowest BCUT2D eigenvalue weighted by Crippen LogP contribution is -2.64. The van der Waals surface area contributed by atoms with E-state index in [2.05, 4.69) is 62.9 Å². The first-order valence-electron chi connectivity index (χ1n) is 11.6. The third kappa shape index (κ3) is 3.73. The first-order valence-corrected chi connectivity index (χ1v) is 11.6. The molecular formula is C27H36F2N2O. The molecule has 174 valence electrons. The largest absolute Gasteiger partial charge is 0.377 e. The Labute approximate surface area is 191 Å². The van der Waals surface area contributed by atoms with E-state index >= 15 is 0 Å². The predicted molar refractivity (Wildman–Crippen MR) is 126 cm³/mol. The summed E-state index contributed by atoms with van der Waals surface area (Å²) in [5.74, 6) is -1.10. The monoisotopic (exact) mass is 442 g/mol. The maximum atomic E-state index is 14.0. The molecule has 4 rings (SSSR count). The van der Waals surface area contributed by atoms with E-state index in [1.165, 1.54) is 35.0 Å². The van der Waals surface area contributed by atoms with Gasteiger partial charge in [-0.05, 0) is 61.1 Å². The quantitative estimate of drug-likeness (QED) is 0.583. The molecular weight excluding hydrogens is 406 g/mol. The van der Waals surface area contributed by atoms with Gasteiger partial charge in [-0.2, -0.15) is 0 Å². The summed E-state index contributed by atoms with van der Waals surface area (Å²) in [4.78, 5) is 4.76. The third-order valence-corrected chi connectivity index (χ3v) is 8.29. The molecule has 5 heteroatoms. The molecule has 1 aliphatic carbocycles. The van der Waals surface area contributed by atoms with Gasteiger partial charge in [0.15, 0.2) is 0 Å². The molecule has 0 amide bonds. The molecule has 1 heterocycles. The van der Waals surface area contributed by atoms with E-state index in [1.807, 2.05) is 6.92 Å². The highest BCUT2D eigenvalue weighted by Crippen LogP contribution is 2.57. The summed E-state index contributed by atoms with van der Waals surface area (Å²) in [5.41, 5.74) is 4.46. The zero-order chi connectivity index (χ0) is 23.3. The fourth-order valence-electron chi connectivity index (χ4n) is 5.95. The second-order valence-corrected chi connectivity index (χ2v) is 10.5. The van der Waals surface area contributed by atoms with Gasteiger partial charge in [-0.25, -0.2) is 8.78 Å². The van der Waals surface area contributed by atoms with E-state index in [4.69, 9.17) is 4.74 Å². The van der Waals surface area contributed by atoms with Crippen LogP contribution in [0.5, 0.6) is 0 Å². The van der Waals surface area contributed by atoms with E-state index in [1.54, 1.807) is 0 Å². The van der Waals surface area contributed by atoms with Crippen molar-refractivity contribution in [1.29, 1.82) is 0 Å². The highest BCUT2D eigenvalue weighted by Gasteiger charge is 2.56. The summed E-state index contributed by atoms with van der Waals surface area (Å²) in [6.45, 7) is 10.9. The number of benzene rings is 2. The van der Waals surface area contributed by atoms with Gasteiger partial charge in [0, 0.05) is 43.3 Å². The van der Waals surface area contributed by atoms with Gasteiger partial charge in [0.25, 0.3) is 0 Å². The van der Waals surface area contributed by atoms with Gasteiger partial charge in [-0.3, -0.25) is 4.90 Å². The van der Waals surface area contributed by atoms with Gasteiger partial charge in [-0.15, -0.1) is 0 Å². The number of halogens is 2. The zero-order valence-electron chi connectivity index (χ0n) is 20.2. The van der Waals surface area contributed by atoms with Gasteiger partial charge in [-0.1, -0.05) is 39.0 Å². The fourth-order valence-corrected chi connectivity index (χ4v) is 5.95. The van der Waals surface area contributed by atoms with Gasteiger partial charge < -0.3 is 9.64 Å². The average Bonchev–Trinajstić information content (AvgIpc) is 2.72. The van der Waals surface area contributed by atoms with Crippen LogP contribution < -0.4 is 4.90 Å². The van der Waals surface area contributed by atoms with Crippen molar-refractivity contribution in [3.05, 3.63) is 64.7 Å². The summed E-state index contributed by atoms with van der Waals surface area (Å²) in [6.07, 6.45) is 1.95. The van der Waals surface area contributed by atoms with Gasteiger partial charge in [0.2, 0.25) is 0 Å². The molecule has 3 nitrogen and oxygen atoms in total. The van der Waals surface area contributed by atoms with Gasteiger partial charge in [0.05, 0.1) is 12.7 Å². The van der Waals surface area contributed by atoms with E-state index in [9.17, 15) is 8.78 Å². The van der Waals surface area contributed by atoms with Crippen LogP contribution in [-0.2, 0) is 23.2 Å². The molecule has 1 aliphatic heterocycles. The molecule has 32 heavy (non-hydrogen) atoms. The Balaban J connectivity index is 1.54. The minimum absolute atomic E-state index is 0.00752. The molecule has 1 saturated heterocycles. The summed E-state index contributed by atoms with van der Waals surface area (Å²) < 4.78 is 33.9. The standard InChI is InChI=1S/C27H36F2N2O/c1-18(32-17-20-22(28)10-8-11-23(20)29)16-31-14-13-27(4)21-9-7-12-24(30(5)6)19(21)15-25(31)26(27,2)3/h7-12,18,25H,13-17H2,1-6H3. The lowest BCUT2D eigenvalue weighted by atomic mass is 9.51. The Kier molecular flexibility index (Phi) is 6.10. The van der Waals surface area contributed by atoms with Crippen molar-refractivity contribution in [2.45, 2.75) is 64.7 Å². The normalized spacial score (nSPS) is 25.3. The summed E-state index contributed by atoms with van der Waals surface area (Å²) in [7, 11) is 4.23. The molecule has 0 spiro atoms. The Morgan fingerprint density at radius 1 is 1.09 bits per heavy atom. The maximum absolute atomic E-state index is 14.0. The van der Waals surface area contributed by atoms with Crippen LogP contribution in [0.25, 0.3) is 0 Å². The first-order chi connectivity index (χ1) is 15.1. The molecule has 0 saturated carbocycles. The number of fused-ring (bicyclic) bond motifs is 4. The Bertz CT molecular complexity index is 969. The van der Waals surface area contributed by atoms with Crippen LogP contribution in [0.3, 0.4) is 0 Å². The van der Waals surface area contributed by atoms with E-state index in [0.29, 0.717) is 6.04 Å².